The second kappa shape index (κ2) is 7.08. The van der Waals surface area contributed by atoms with Crippen LogP contribution in [0.5, 0.6) is 0 Å². The molecule has 0 radical (unpaired) electrons. The summed E-state index contributed by atoms with van der Waals surface area (Å²) >= 11 is 12.4. The number of fused-ring (bicyclic) bond motifs is 1. The number of halogens is 2. The molecular formula is C21H14Cl2N4O. The Labute approximate surface area is 172 Å². The molecule has 138 valence electrons. The van der Waals surface area contributed by atoms with E-state index in [4.69, 9.17) is 28.5 Å². The van der Waals surface area contributed by atoms with Crippen LogP contribution in [-0.2, 0) is 4.79 Å². The molecule has 0 atom stereocenters. The maximum atomic E-state index is 12.6. The predicted octanol–water partition coefficient (Wildman–Crippen LogP) is 4.43. The van der Waals surface area contributed by atoms with Gasteiger partial charge in [-0.05, 0) is 42.8 Å². The third-order valence-corrected chi connectivity index (χ3v) is 5.05. The van der Waals surface area contributed by atoms with E-state index in [1.165, 1.54) is 11.1 Å². The molecule has 5 nitrogen and oxygen atoms in total. The fraction of sp³-hybridized carbons (Fsp3) is 0.0476. The van der Waals surface area contributed by atoms with Gasteiger partial charge in [-0.2, -0.15) is 5.26 Å². The summed E-state index contributed by atoms with van der Waals surface area (Å²) in [7, 11) is 0. The highest BCUT2D eigenvalue weighted by Crippen LogP contribution is 2.33. The lowest BCUT2D eigenvalue weighted by atomic mass is 10.0. The molecule has 0 spiro atoms. The Hall–Kier alpha value is -3.20. The molecule has 1 amide bonds. The summed E-state index contributed by atoms with van der Waals surface area (Å²) in [6.07, 6.45) is 3.38. The molecule has 2 aromatic carbocycles. The molecule has 2 aliphatic rings. The second-order valence-corrected chi connectivity index (χ2v) is 7.19. The third-order valence-electron chi connectivity index (χ3n) is 4.50. The molecule has 28 heavy (non-hydrogen) atoms. The zero-order valence-corrected chi connectivity index (χ0v) is 16.3. The number of carbonyl (C=O) groups is 1. The number of nitrogens with zero attached hydrogens (tertiary/aromatic N) is 2. The van der Waals surface area contributed by atoms with Gasteiger partial charge in [0.25, 0.3) is 5.91 Å². The average Bonchev–Trinajstić information content (AvgIpc) is 2.68. The topological polar surface area (TPSA) is 68.2 Å². The Kier molecular flexibility index (Phi) is 4.60. The molecule has 0 saturated carbocycles. The summed E-state index contributed by atoms with van der Waals surface area (Å²) in [6.45, 7) is 1.88. The van der Waals surface area contributed by atoms with Crippen LogP contribution in [0.15, 0.2) is 66.1 Å². The van der Waals surface area contributed by atoms with Crippen molar-refractivity contribution in [1.29, 1.82) is 5.26 Å². The summed E-state index contributed by atoms with van der Waals surface area (Å²) in [5.41, 5.74) is 7.58. The molecular weight excluding hydrogens is 395 g/mol. The van der Waals surface area contributed by atoms with Gasteiger partial charge < -0.3 is 5.32 Å². The maximum Gasteiger partial charge on any atom is 0.273 e. The summed E-state index contributed by atoms with van der Waals surface area (Å²) in [5.74, 6) is 0.378. The van der Waals surface area contributed by atoms with E-state index in [2.05, 4.69) is 16.8 Å². The van der Waals surface area contributed by atoms with Gasteiger partial charge in [0.05, 0.1) is 17.3 Å². The Morgan fingerprint density at radius 2 is 1.82 bits per heavy atom. The number of hydrazine groups is 1. The van der Waals surface area contributed by atoms with Gasteiger partial charge in [-0.3, -0.25) is 10.2 Å². The first kappa shape index (κ1) is 18.2. The lowest BCUT2D eigenvalue weighted by Crippen LogP contribution is -2.49. The smallest absolute Gasteiger partial charge is 0.273 e. The molecule has 0 saturated heterocycles. The number of carbonyl (C=O) groups excluding carboxylic acids is 1. The van der Waals surface area contributed by atoms with E-state index in [0.29, 0.717) is 27.1 Å². The van der Waals surface area contributed by atoms with Crippen LogP contribution in [0.25, 0.3) is 11.3 Å². The number of nitrogens with one attached hydrogen (secondary N) is 2. The van der Waals surface area contributed by atoms with Crippen molar-refractivity contribution < 1.29 is 4.79 Å². The first-order valence-electron chi connectivity index (χ1n) is 8.44. The van der Waals surface area contributed by atoms with Gasteiger partial charge >= 0.3 is 0 Å². The monoisotopic (exact) mass is 408 g/mol. The van der Waals surface area contributed by atoms with Crippen molar-refractivity contribution in [3.63, 3.8) is 0 Å². The molecule has 0 bridgehead atoms. The predicted molar refractivity (Wildman–Crippen MR) is 109 cm³/mol. The average molecular weight is 409 g/mol. The quantitative estimate of drug-likeness (QED) is 0.770. The molecule has 0 fully saturated rings. The zero-order valence-electron chi connectivity index (χ0n) is 14.8. The molecule has 2 N–H and O–H groups in total. The van der Waals surface area contributed by atoms with Crippen LogP contribution in [0.1, 0.15) is 23.6 Å². The van der Waals surface area contributed by atoms with Crippen molar-refractivity contribution in [1.82, 2.24) is 15.8 Å². The molecule has 0 aromatic heterocycles. The van der Waals surface area contributed by atoms with Crippen molar-refractivity contribution in [3.05, 3.63) is 92.9 Å². The number of nitriles is 1. The van der Waals surface area contributed by atoms with E-state index in [1.54, 1.807) is 36.4 Å². The highest BCUT2D eigenvalue weighted by atomic mass is 35.5. The molecule has 2 aromatic rings. The fourth-order valence-corrected chi connectivity index (χ4v) is 3.60. The summed E-state index contributed by atoms with van der Waals surface area (Å²) < 4.78 is 0. The minimum absolute atomic E-state index is 0.204. The number of rotatable bonds is 2. The van der Waals surface area contributed by atoms with E-state index in [1.807, 2.05) is 19.1 Å². The van der Waals surface area contributed by atoms with Crippen LogP contribution < -0.4 is 10.7 Å². The normalized spacial score (nSPS) is 15.8. The van der Waals surface area contributed by atoms with Crippen LogP contribution in [-0.4, -0.2) is 10.9 Å². The van der Waals surface area contributed by atoms with Crippen molar-refractivity contribution >= 4 is 40.4 Å². The molecule has 0 aliphatic carbocycles. The van der Waals surface area contributed by atoms with E-state index in [0.717, 1.165) is 22.4 Å². The van der Waals surface area contributed by atoms with Crippen molar-refractivity contribution in [3.8, 4) is 6.07 Å². The highest BCUT2D eigenvalue weighted by molar-refractivity contribution is 6.35. The highest BCUT2D eigenvalue weighted by Gasteiger charge is 2.28. The number of amides is 1. The summed E-state index contributed by atoms with van der Waals surface area (Å²) in [4.78, 5) is 12.6. The Balaban J connectivity index is 1.71. The van der Waals surface area contributed by atoms with E-state index >= 15 is 0 Å². The lowest BCUT2D eigenvalue weighted by Gasteiger charge is -2.35. The van der Waals surface area contributed by atoms with Crippen LogP contribution in [0.3, 0.4) is 0 Å². The number of hydrogen-bond donors (Lipinski definition) is 2. The standard InChI is InChI=1S/C21H14Cl2N4O/c1-12-17(16-7-6-15(22)8-18(16)23)9-20-25-19(10-21(28)27(20)26-12)14-4-2-13(11-24)3-5-14/h2-10,25-26H,1H3. The van der Waals surface area contributed by atoms with Gasteiger partial charge in [-0.15, -0.1) is 0 Å². The van der Waals surface area contributed by atoms with Gasteiger partial charge in [-0.25, -0.2) is 5.01 Å². The first-order valence-corrected chi connectivity index (χ1v) is 9.20. The van der Waals surface area contributed by atoms with Crippen LogP contribution in [0, 0.1) is 11.3 Å². The number of benzene rings is 2. The van der Waals surface area contributed by atoms with Crippen molar-refractivity contribution in [2.75, 3.05) is 0 Å². The van der Waals surface area contributed by atoms with Gasteiger partial charge in [0, 0.05) is 33.0 Å². The fourth-order valence-electron chi connectivity index (χ4n) is 3.09. The van der Waals surface area contributed by atoms with Gasteiger partial charge in [0.15, 0.2) is 0 Å². The third kappa shape index (κ3) is 3.24. The SMILES string of the molecule is CC1=C(c2ccc(Cl)cc2Cl)C=C2NC(c3ccc(C#N)cc3)=CC(=O)N2N1. The molecule has 0 unspecified atom stereocenters. The molecule has 2 heterocycles. The number of allylic oxidation sites excluding steroid dienone is 3. The van der Waals surface area contributed by atoms with Crippen LogP contribution in [0.2, 0.25) is 10.0 Å². The van der Waals surface area contributed by atoms with Crippen molar-refractivity contribution in [2.24, 2.45) is 0 Å². The van der Waals surface area contributed by atoms with Crippen LogP contribution in [0.4, 0.5) is 0 Å². The molecule has 7 heteroatoms. The summed E-state index contributed by atoms with van der Waals surface area (Å²) in [5, 5.41) is 14.7. The zero-order chi connectivity index (χ0) is 19.8. The Morgan fingerprint density at radius 3 is 2.50 bits per heavy atom. The lowest BCUT2D eigenvalue weighted by molar-refractivity contribution is -0.126. The van der Waals surface area contributed by atoms with Crippen molar-refractivity contribution in [2.45, 2.75) is 6.92 Å². The second-order valence-electron chi connectivity index (χ2n) is 6.35. The van der Waals surface area contributed by atoms with Crippen LogP contribution >= 0.6 is 23.2 Å². The van der Waals surface area contributed by atoms with Gasteiger partial charge in [0.2, 0.25) is 0 Å². The molecule has 2 aliphatic heterocycles. The maximum absolute atomic E-state index is 12.6. The Bertz CT molecular complexity index is 1120. The van der Waals surface area contributed by atoms with E-state index < -0.39 is 0 Å². The first-order chi connectivity index (χ1) is 13.5. The van der Waals surface area contributed by atoms with E-state index in [-0.39, 0.29) is 5.91 Å². The minimum Gasteiger partial charge on any atom is -0.339 e. The molecule has 4 rings (SSSR count). The van der Waals surface area contributed by atoms with Gasteiger partial charge in [0.1, 0.15) is 5.82 Å². The number of hydrogen-bond acceptors (Lipinski definition) is 4. The largest absolute Gasteiger partial charge is 0.339 e. The van der Waals surface area contributed by atoms with Gasteiger partial charge in [-0.1, -0.05) is 41.4 Å². The summed E-state index contributed by atoms with van der Waals surface area (Å²) in [6, 6.07) is 14.4. The minimum atomic E-state index is -0.204. The van der Waals surface area contributed by atoms with E-state index in [9.17, 15) is 4.79 Å². The Morgan fingerprint density at radius 1 is 1.07 bits per heavy atom.